The number of benzene rings is 1. The van der Waals surface area contributed by atoms with Crippen LogP contribution in [0.5, 0.6) is 0 Å². The number of carbonyl (C=O) groups is 1. The van der Waals surface area contributed by atoms with Crippen molar-refractivity contribution in [2.45, 2.75) is 19.3 Å². The van der Waals surface area contributed by atoms with Gasteiger partial charge in [0.15, 0.2) is 5.96 Å². The molecule has 0 aliphatic heterocycles. The summed E-state index contributed by atoms with van der Waals surface area (Å²) in [6, 6.07) is 9.85. The average Bonchev–Trinajstić information content (AvgIpc) is 2.56. The number of halogens is 1. The Labute approximate surface area is 161 Å². The second kappa shape index (κ2) is 13.0. The fourth-order valence-electron chi connectivity index (χ4n) is 2.05. The van der Waals surface area contributed by atoms with Gasteiger partial charge in [-0.2, -0.15) is 0 Å². The molecule has 1 rings (SSSR count). The lowest BCUT2D eigenvalue weighted by molar-refractivity contribution is -0.128. The molecule has 0 bridgehead atoms. The summed E-state index contributed by atoms with van der Waals surface area (Å²) >= 11 is 0. The summed E-state index contributed by atoms with van der Waals surface area (Å²) in [5.74, 6) is 0.703. The van der Waals surface area contributed by atoms with Crippen LogP contribution in [0.15, 0.2) is 35.3 Å². The molecule has 1 atom stereocenters. The molecule has 136 valence electrons. The van der Waals surface area contributed by atoms with Crippen molar-refractivity contribution < 1.29 is 9.90 Å². The predicted octanol–water partition coefficient (Wildman–Crippen LogP) is 1.41. The fourth-order valence-corrected chi connectivity index (χ4v) is 2.05. The van der Waals surface area contributed by atoms with Crippen LogP contribution in [-0.2, 0) is 4.79 Å². The van der Waals surface area contributed by atoms with Gasteiger partial charge in [0, 0.05) is 39.5 Å². The highest BCUT2D eigenvalue weighted by atomic mass is 127. The Hall–Kier alpha value is -1.35. The first-order valence-corrected chi connectivity index (χ1v) is 7.96. The van der Waals surface area contributed by atoms with Gasteiger partial charge < -0.3 is 20.6 Å². The highest BCUT2D eigenvalue weighted by Crippen LogP contribution is 2.14. The van der Waals surface area contributed by atoms with Gasteiger partial charge in [-0.1, -0.05) is 30.3 Å². The highest BCUT2D eigenvalue weighted by Gasteiger charge is 2.10. The highest BCUT2D eigenvalue weighted by molar-refractivity contribution is 14.0. The maximum Gasteiger partial charge on any atom is 0.223 e. The van der Waals surface area contributed by atoms with Crippen LogP contribution < -0.4 is 10.6 Å². The summed E-state index contributed by atoms with van der Waals surface area (Å²) in [4.78, 5) is 17.7. The van der Waals surface area contributed by atoms with Crippen molar-refractivity contribution in [1.29, 1.82) is 0 Å². The summed E-state index contributed by atoms with van der Waals surface area (Å²) in [5, 5.41) is 15.9. The fraction of sp³-hybridized carbons (Fsp3) is 0.529. The lowest BCUT2D eigenvalue weighted by Gasteiger charge is -2.16. The van der Waals surface area contributed by atoms with E-state index in [1.807, 2.05) is 37.3 Å². The van der Waals surface area contributed by atoms with Crippen LogP contribution >= 0.6 is 24.0 Å². The Kier molecular flexibility index (Phi) is 12.3. The third kappa shape index (κ3) is 8.49. The number of hydrogen-bond acceptors (Lipinski definition) is 3. The van der Waals surface area contributed by atoms with E-state index in [4.69, 9.17) is 0 Å². The maximum atomic E-state index is 11.6. The Morgan fingerprint density at radius 1 is 1.25 bits per heavy atom. The van der Waals surface area contributed by atoms with Gasteiger partial charge in [-0.25, -0.2) is 0 Å². The van der Waals surface area contributed by atoms with E-state index < -0.39 is 0 Å². The molecule has 0 heterocycles. The third-order valence-corrected chi connectivity index (χ3v) is 3.44. The van der Waals surface area contributed by atoms with Crippen molar-refractivity contribution in [2.75, 3.05) is 40.3 Å². The van der Waals surface area contributed by atoms with Crippen molar-refractivity contribution >= 4 is 35.8 Å². The van der Waals surface area contributed by atoms with Gasteiger partial charge in [0.05, 0.1) is 13.2 Å². The van der Waals surface area contributed by atoms with Crippen LogP contribution in [0.1, 0.15) is 24.8 Å². The minimum absolute atomic E-state index is 0. The lowest BCUT2D eigenvalue weighted by atomic mass is 10.0. The monoisotopic (exact) mass is 448 g/mol. The summed E-state index contributed by atoms with van der Waals surface area (Å²) in [5.41, 5.74) is 1.07. The van der Waals surface area contributed by atoms with Crippen molar-refractivity contribution in [3.8, 4) is 0 Å². The molecule has 0 fully saturated rings. The Bertz CT molecular complexity index is 495. The molecule has 0 saturated heterocycles. The predicted molar refractivity (Wildman–Crippen MR) is 109 cm³/mol. The van der Waals surface area contributed by atoms with E-state index in [9.17, 15) is 9.90 Å². The summed E-state index contributed by atoms with van der Waals surface area (Å²) in [6.45, 7) is 3.78. The van der Waals surface area contributed by atoms with Gasteiger partial charge in [-0.3, -0.25) is 9.79 Å². The van der Waals surface area contributed by atoms with Crippen molar-refractivity contribution in [1.82, 2.24) is 15.5 Å². The van der Waals surface area contributed by atoms with E-state index in [2.05, 4.69) is 15.6 Å². The van der Waals surface area contributed by atoms with E-state index in [-0.39, 0.29) is 42.4 Å². The molecule has 1 aromatic rings. The van der Waals surface area contributed by atoms with E-state index in [1.165, 1.54) is 0 Å². The second-order valence-electron chi connectivity index (χ2n) is 5.47. The van der Waals surface area contributed by atoms with Gasteiger partial charge in [0.1, 0.15) is 0 Å². The maximum absolute atomic E-state index is 11.6. The van der Waals surface area contributed by atoms with Gasteiger partial charge in [0.2, 0.25) is 5.91 Å². The molecule has 0 aliphatic rings. The zero-order valence-corrected chi connectivity index (χ0v) is 17.0. The number of amides is 1. The molecule has 6 nitrogen and oxygen atoms in total. The number of aliphatic hydroxyl groups excluding tert-OH is 1. The molecule has 1 aromatic carbocycles. The standard InChI is InChI=1S/C17H28N4O2.HI/c1-4-18-17(19-11-10-16(23)21(2)3)20-12-15(13-22)14-8-6-5-7-9-14;/h5-9,15,22H,4,10-13H2,1-3H3,(H2,18,19,20);1H. The molecular weight excluding hydrogens is 419 g/mol. The lowest BCUT2D eigenvalue weighted by Crippen LogP contribution is -2.39. The van der Waals surface area contributed by atoms with Crippen LogP contribution in [0.4, 0.5) is 0 Å². The van der Waals surface area contributed by atoms with Gasteiger partial charge in [-0.05, 0) is 12.5 Å². The van der Waals surface area contributed by atoms with E-state index in [0.717, 1.165) is 12.1 Å². The summed E-state index contributed by atoms with van der Waals surface area (Å²) in [6.07, 6.45) is 0.416. The first-order chi connectivity index (χ1) is 11.1. The molecule has 3 N–H and O–H groups in total. The van der Waals surface area contributed by atoms with E-state index in [0.29, 0.717) is 25.5 Å². The first kappa shape index (κ1) is 22.6. The molecule has 0 aliphatic carbocycles. The minimum Gasteiger partial charge on any atom is -0.396 e. The zero-order valence-electron chi connectivity index (χ0n) is 14.7. The molecule has 7 heteroatoms. The molecule has 24 heavy (non-hydrogen) atoms. The molecule has 0 aromatic heterocycles. The minimum atomic E-state index is -0.0323. The Morgan fingerprint density at radius 2 is 1.92 bits per heavy atom. The average molecular weight is 448 g/mol. The molecule has 0 radical (unpaired) electrons. The number of rotatable bonds is 8. The zero-order chi connectivity index (χ0) is 17.1. The van der Waals surface area contributed by atoms with Crippen LogP contribution in [0.25, 0.3) is 0 Å². The Morgan fingerprint density at radius 3 is 2.46 bits per heavy atom. The second-order valence-corrected chi connectivity index (χ2v) is 5.47. The van der Waals surface area contributed by atoms with E-state index in [1.54, 1.807) is 19.0 Å². The summed E-state index contributed by atoms with van der Waals surface area (Å²) in [7, 11) is 3.49. The summed E-state index contributed by atoms with van der Waals surface area (Å²) < 4.78 is 0. The van der Waals surface area contributed by atoms with Crippen molar-refractivity contribution in [3.63, 3.8) is 0 Å². The smallest absolute Gasteiger partial charge is 0.223 e. The number of nitrogens with one attached hydrogen (secondary N) is 2. The van der Waals surface area contributed by atoms with Crippen LogP contribution in [0.3, 0.4) is 0 Å². The van der Waals surface area contributed by atoms with Gasteiger partial charge in [0.25, 0.3) is 0 Å². The third-order valence-electron chi connectivity index (χ3n) is 3.44. The normalized spacial score (nSPS) is 12.1. The molecule has 0 spiro atoms. The Balaban J connectivity index is 0.00000529. The van der Waals surface area contributed by atoms with Crippen molar-refractivity contribution in [3.05, 3.63) is 35.9 Å². The first-order valence-electron chi connectivity index (χ1n) is 7.96. The van der Waals surface area contributed by atoms with Gasteiger partial charge >= 0.3 is 0 Å². The van der Waals surface area contributed by atoms with Crippen LogP contribution in [0, 0.1) is 0 Å². The number of guanidine groups is 1. The molecule has 1 unspecified atom stereocenters. The van der Waals surface area contributed by atoms with E-state index >= 15 is 0 Å². The molecular formula is C17H29IN4O2. The number of nitrogens with zero attached hydrogens (tertiary/aromatic N) is 2. The molecule has 1 amide bonds. The SMILES string of the molecule is CCNC(=NCC(CO)c1ccccc1)NCCC(=O)N(C)C.I. The topological polar surface area (TPSA) is 77.0 Å². The van der Waals surface area contributed by atoms with Crippen LogP contribution in [-0.4, -0.2) is 62.2 Å². The quantitative estimate of drug-likeness (QED) is 0.320. The van der Waals surface area contributed by atoms with Crippen LogP contribution in [0.2, 0.25) is 0 Å². The number of carbonyl (C=O) groups excluding carboxylic acids is 1. The number of hydrogen-bond donors (Lipinski definition) is 3. The molecule has 0 saturated carbocycles. The largest absolute Gasteiger partial charge is 0.396 e. The van der Waals surface area contributed by atoms with Gasteiger partial charge in [-0.15, -0.1) is 24.0 Å². The number of aliphatic imine (C=N–C) groups is 1. The number of aliphatic hydroxyl groups is 1. The van der Waals surface area contributed by atoms with Crippen molar-refractivity contribution in [2.24, 2.45) is 4.99 Å².